The molecule has 0 aromatic rings. The van der Waals surface area contributed by atoms with Gasteiger partial charge in [-0.3, -0.25) is 4.79 Å². The second-order valence-corrected chi connectivity index (χ2v) is 4.90. The number of nitrogens with zero attached hydrogens (tertiary/aromatic N) is 2. The van der Waals surface area contributed by atoms with Crippen LogP contribution < -0.4 is 5.73 Å². The molecule has 0 saturated carbocycles. The zero-order valence-electron chi connectivity index (χ0n) is 10.1. The zero-order chi connectivity index (χ0) is 11.6. The van der Waals surface area contributed by atoms with E-state index < -0.39 is 0 Å². The minimum atomic E-state index is -0.235. The molecule has 1 amide bonds. The van der Waals surface area contributed by atoms with Gasteiger partial charge >= 0.3 is 0 Å². The third kappa shape index (κ3) is 2.37. The van der Waals surface area contributed by atoms with Crippen molar-refractivity contribution in [3.05, 3.63) is 0 Å². The van der Waals surface area contributed by atoms with Crippen molar-refractivity contribution in [2.75, 3.05) is 6.54 Å². The van der Waals surface area contributed by atoms with E-state index in [-0.39, 0.29) is 17.4 Å². The molecule has 1 rings (SSSR count). The molecule has 1 aliphatic rings. The van der Waals surface area contributed by atoms with Crippen LogP contribution in [0.2, 0.25) is 0 Å². The van der Waals surface area contributed by atoms with E-state index in [9.17, 15) is 4.79 Å². The molecule has 86 valence electrons. The van der Waals surface area contributed by atoms with Crippen LogP contribution in [0.25, 0.3) is 0 Å². The Labute approximate surface area is 91.5 Å². The van der Waals surface area contributed by atoms with Gasteiger partial charge in [0.2, 0.25) is 0 Å². The number of amides is 1. The number of carbonyl (C=O) groups is 1. The van der Waals surface area contributed by atoms with Gasteiger partial charge in [-0.25, -0.2) is 5.01 Å². The maximum Gasteiger partial charge on any atom is 0.252 e. The second kappa shape index (κ2) is 4.31. The molecule has 0 aromatic carbocycles. The van der Waals surface area contributed by atoms with Gasteiger partial charge in [-0.2, -0.15) is 5.10 Å². The Bertz CT molecular complexity index is 278. The maximum atomic E-state index is 12.1. The summed E-state index contributed by atoms with van der Waals surface area (Å²) in [5, 5.41) is 6.01. The largest absolute Gasteiger partial charge is 0.330 e. The van der Waals surface area contributed by atoms with E-state index in [1.807, 2.05) is 27.7 Å². The molecule has 1 atom stereocenters. The van der Waals surface area contributed by atoms with Crippen molar-refractivity contribution < 1.29 is 4.79 Å². The van der Waals surface area contributed by atoms with Gasteiger partial charge in [0.1, 0.15) is 0 Å². The molecule has 0 saturated heterocycles. The fraction of sp³-hybridized carbons (Fsp3) is 0.818. The van der Waals surface area contributed by atoms with Crippen molar-refractivity contribution in [3.63, 3.8) is 0 Å². The van der Waals surface area contributed by atoms with Crippen molar-refractivity contribution in [3.8, 4) is 0 Å². The fourth-order valence-corrected chi connectivity index (χ4v) is 1.79. The van der Waals surface area contributed by atoms with Gasteiger partial charge in [-0.1, -0.05) is 6.92 Å². The van der Waals surface area contributed by atoms with Crippen molar-refractivity contribution in [1.82, 2.24) is 5.01 Å². The molecule has 0 fully saturated rings. The van der Waals surface area contributed by atoms with Gasteiger partial charge in [0.15, 0.2) is 0 Å². The first-order valence-electron chi connectivity index (χ1n) is 5.53. The molecule has 2 N–H and O–H groups in total. The summed E-state index contributed by atoms with van der Waals surface area (Å²) in [6.07, 6.45) is 1.53. The SMILES string of the molecule is CCC1=NN(C(C)(C)C)C(=O)C1CCN. The number of nitrogens with two attached hydrogens (primary N) is 1. The van der Waals surface area contributed by atoms with Crippen LogP contribution in [0.15, 0.2) is 5.10 Å². The molecular formula is C11H21N3O. The lowest BCUT2D eigenvalue weighted by Gasteiger charge is -2.28. The van der Waals surface area contributed by atoms with E-state index in [1.165, 1.54) is 0 Å². The molecule has 1 heterocycles. The van der Waals surface area contributed by atoms with Crippen LogP contribution in [0.4, 0.5) is 0 Å². The van der Waals surface area contributed by atoms with E-state index in [4.69, 9.17) is 5.73 Å². The van der Waals surface area contributed by atoms with Crippen LogP contribution in [0.5, 0.6) is 0 Å². The van der Waals surface area contributed by atoms with Crippen molar-refractivity contribution >= 4 is 11.6 Å². The molecule has 4 nitrogen and oxygen atoms in total. The van der Waals surface area contributed by atoms with Crippen LogP contribution in [-0.4, -0.2) is 28.7 Å². The summed E-state index contributed by atoms with van der Waals surface area (Å²) in [6.45, 7) is 8.54. The summed E-state index contributed by atoms with van der Waals surface area (Å²) in [5.41, 5.74) is 6.25. The highest BCUT2D eigenvalue weighted by molar-refractivity contribution is 6.08. The first-order valence-corrected chi connectivity index (χ1v) is 5.53. The third-order valence-electron chi connectivity index (χ3n) is 2.59. The monoisotopic (exact) mass is 211 g/mol. The number of carbonyl (C=O) groups excluding carboxylic acids is 1. The first kappa shape index (κ1) is 12.2. The summed E-state index contributed by atoms with van der Waals surface area (Å²) >= 11 is 0. The first-order chi connectivity index (χ1) is 6.91. The van der Waals surface area contributed by atoms with E-state index in [1.54, 1.807) is 5.01 Å². The van der Waals surface area contributed by atoms with Gasteiger partial charge in [0.25, 0.3) is 5.91 Å². The van der Waals surface area contributed by atoms with E-state index in [2.05, 4.69) is 5.10 Å². The lowest BCUT2D eigenvalue weighted by atomic mass is 9.96. The molecule has 0 spiro atoms. The Balaban J connectivity index is 2.90. The van der Waals surface area contributed by atoms with Crippen LogP contribution in [-0.2, 0) is 4.79 Å². The Kier molecular flexibility index (Phi) is 3.50. The van der Waals surface area contributed by atoms with Gasteiger partial charge in [-0.15, -0.1) is 0 Å². The predicted molar refractivity (Wildman–Crippen MR) is 61.5 cm³/mol. The Hall–Kier alpha value is -0.900. The van der Waals surface area contributed by atoms with Crippen LogP contribution in [0.1, 0.15) is 40.5 Å². The Morgan fingerprint density at radius 3 is 2.47 bits per heavy atom. The number of hydrogen-bond donors (Lipinski definition) is 1. The fourth-order valence-electron chi connectivity index (χ4n) is 1.79. The standard InChI is InChI=1S/C11H21N3O/c1-5-9-8(6-7-12)10(15)14(13-9)11(2,3)4/h8H,5-7,12H2,1-4H3. The molecule has 15 heavy (non-hydrogen) atoms. The quantitative estimate of drug-likeness (QED) is 0.766. The number of hydrogen-bond acceptors (Lipinski definition) is 3. The highest BCUT2D eigenvalue weighted by Gasteiger charge is 2.39. The summed E-state index contributed by atoms with van der Waals surface area (Å²) in [7, 11) is 0. The summed E-state index contributed by atoms with van der Waals surface area (Å²) in [6, 6.07) is 0. The number of rotatable bonds is 3. The van der Waals surface area contributed by atoms with E-state index in [0.717, 1.165) is 12.1 Å². The van der Waals surface area contributed by atoms with Gasteiger partial charge in [0, 0.05) is 0 Å². The zero-order valence-corrected chi connectivity index (χ0v) is 10.1. The van der Waals surface area contributed by atoms with Gasteiger partial charge in [0.05, 0.1) is 17.2 Å². The van der Waals surface area contributed by atoms with Crippen LogP contribution in [0, 0.1) is 5.92 Å². The molecule has 4 heteroatoms. The smallest absolute Gasteiger partial charge is 0.252 e. The summed E-state index contributed by atoms with van der Waals surface area (Å²) < 4.78 is 0. The Morgan fingerprint density at radius 2 is 2.07 bits per heavy atom. The van der Waals surface area contributed by atoms with E-state index >= 15 is 0 Å². The minimum Gasteiger partial charge on any atom is -0.330 e. The maximum absolute atomic E-state index is 12.1. The van der Waals surface area contributed by atoms with Crippen LogP contribution in [0.3, 0.4) is 0 Å². The summed E-state index contributed by atoms with van der Waals surface area (Å²) in [4.78, 5) is 12.1. The average Bonchev–Trinajstić information content (AvgIpc) is 2.44. The Morgan fingerprint density at radius 1 is 1.47 bits per heavy atom. The number of hydrazone groups is 1. The topological polar surface area (TPSA) is 58.7 Å². The van der Waals surface area contributed by atoms with Crippen molar-refractivity contribution in [2.45, 2.75) is 46.1 Å². The van der Waals surface area contributed by atoms with Crippen molar-refractivity contribution in [2.24, 2.45) is 16.8 Å². The lowest BCUT2D eigenvalue weighted by molar-refractivity contribution is -0.136. The van der Waals surface area contributed by atoms with Crippen molar-refractivity contribution in [1.29, 1.82) is 0 Å². The lowest BCUT2D eigenvalue weighted by Crippen LogP contribution is -2.41. The third-order valence-corrected chi connectivity index (χ3v) is 2.59. The molecule has 1 unspecified atom stereocenters. The average molecular weight is 211 g/mol. The normalized spacial score (nSPS) is 22.2. The van der Waals surface area contributed by atoms with E-state index in [0.29, 0.717) is 13.0 Å². The van der Waals surface area contributed by atoms with Crippen LogP contribution >= 0.6 is 0 Å². The van der Waals surface area contributed by atoms with Gasteiger partial charge < -0.3 is 5.73 Å². The highest BCUT2D eigenvalue weighted by atomic mass is 16.2. The molecule has 0 aliphatic carbocycles. The molecule has 0 radical (unpaired) electrons. The minimum absolute atomic E-state index is 0.0841. The molecule has 0 bridgehead atoms. The molecular weight excluding hydrogens is 190 g/mol. The highest BCUT2D eigenvalue weighted by Crippen LogP contribution is 2.27. The second-order valence-electron chi connectivity index (χ2n) is 4.90. The predicted octanol–water partition coefficient (Wildman–Crippen LogP) is 1.36. The molecule has 0 aromatic heterocycles. The van der Waals surface area contributed by atoms with Gasteiger partial charge in [-0.05, 0) is 40.2 Å². The summed E-state index contributed by atoms with van der Waals surface area (Å²) in [5.74, 6) is 0.0176. The molecule has 1 aliphatic heterocycles.